The second-order valence-corrected chi connectivity index (χ2v) is 17.0. The first-order valence-corrected chi connectivity index (χ1v) is 23.2. The Morgan fingerprint density at radius 3 is 1.54 bits per heavy atom. The zero-order chi connectivity index (χ0) is 41.6. The van der Waals surface area contributed by atoms with E-state index >= 15 is 0 Å². The summed E-state index contributed by atoms with van der Waals surface area (Å²) in [6, 6.07) is 0. The summed E-state index contributed by atoms with van der Waals surface area (Å²) in [6.45, 7) is 3.90. The number of Topliss-reactive ketones (excluding diaryl/α,β-unsaturated/α-hetero) is 1. The molecule has 0 heterocycles. The molecule has 0 aliphatic rings. The number of allylic oxidation sites excluding steroid dienone is 11. The lowest BCUT2D eigenvalue weighted by Gasteiger charge is -2.32. The molecule has 10 heteroatoms. The van der Waals surface area contributed by atoms with Gasteiger partial charge in [0, 0.05) is 12.5 Å². The molecule has 56 heavy (non-hydrogen) atoms. The van der Waals surface area contributed by atoms with Gasteiger partial charge in [-0.2, -0.15) is 0 Å². The molecule has 9 nitrogen and oxygen atoms in total. The first kappa shape index (κ1) is 53.6. The lowest BCUT2D eigenvalue weighted by atomic mass is 10.0. The number of carbonyl (C=O) groups is 2. The van der Waals surface area contributed by atoms with Crippen molar-refractivity contribution in [2.75, 3.05) is 40.9 Å². The number of hydrogen-bond donors (Lipinski definition) is 1. The van der Waals surface area contributed by atoms with E-state index in [1.165, 1.54) is 102 Å². The highest BCUT2D eigenvalue weighted by Crippen LogP contribution is 2.41. The second-order valence-electron chi connectivity index (χ2n) is 15.7. The number of aliphatic hydroxyl groups excluding tert-OH is 1. The number of hydrogen-bond acceptors (Lipinski definition) is 8. The number of ketones is 1. The van der Waals surface area contributed by atoms with Crippen LogP contribution in [0.25, 0.3) is 0 Å². The van der Waals surface area contributed by atoms with Gasteiger partial charge in [0.2, 0.25) is 0 Å². The van der Waals surface area contributed by atoms with Crippen LogP contribution in [0.5, 0.6) is 0 Å². The Balaban J connectivity index is 4.90. The van der Waals surface area contributed by atoms with Gasteiger partial charge in [-0.3, -0.25) is 9.36 Å². The Morgan fingerprint density at radius 1 is 0.643 bits per heavy atom. The number of esters is 1. The van der Waals surface area contributed by atoms with Gasteiger partial charge in [0.05, 0.1) is 27.7 Å². The molecule has 0 aliphatic carbocycles. The Bertz CT molecular complexity index is 1200. The van der Waals surface area contributed by atoms with Crippen LogP contribution in [-0.4, -0.2) is 74.5 Å². The number of phosphoric acid groups is 1. The molecule has 0 radical (unpaired) electrons. The number of ether oxygens (including phenoxy) is 1. The van der Waals surface area contributed by atoms with Crippen molar-refractivity contribution >= 4 is 19.6 Å². The van der Waals surface area contributed by atoms with E-state index in [4.69, 9.17) is 13.8 Å². The Labute approximate surface area is 342 Å². The molecule has 2 unspecified atom stereocenters. The smallest absolute Gasteiger partial charge is 0.331 e. The van der Waals surface area contributed by atoms with Gasteiger partial charge in [-0.1, -0.05) is 196 Å². The zero-order valence-corrected chi connectivity index (χ0v) is 36.9. The van der Waals surface area contributed by atoms with Gasteiger partial charge in [-0.25, -0.2) is 4.79 Å². The third-order valence-corrected chi connectivity index (χ3v) is 10.2. The van der Waals surface area contributed by atoms with Crippen molar-refractivity contribution in [1.82, 2.24) is 0 Å². The van der Waals surface area contributed by atoms with Crippen LogP contribution in [0.15, 0.2) is 72.9 Å². The van der Waals surface area contributed by atoms with E-state index in [1.807, 2.05) is 51.5 Å². The quantitative estimate of drug-likeness (QED) is 0.0163. The Morgan fingerprint density at radius 2 is 1.07 bits per heavy atom. The molecular weight excluding hydrogens is 725 g/mol. The van der Waals surface area contributed by atoms with Crippen molar-refractivity contribution in [2.45, 2.75) is 167 Å². The van der Waals surface area contributed by atoms with Crippen LogP contribution in [0.1, 0.15) is 155 Å². The monoisotopic (exact) mass is 806 g/mol. The number of nitrogens with zero attached hydrogens (tertiary/aromatic N) is 1. The Hall–Kier alpha value is -2.39. The van der Waals surface area contributed by atoms with Crippen LogP contribution in [0, 0.1) is 0 Å². The second kappa shape index (κ2) is 36.9. The molecule has 1 N–H and O–H groups in total. The van der Waals surface area contributed by atoms with Gasteiger partial charge in [0.1, 0.15) is 13.2 Å². The van der Waals surface area contributed by atoms with Crippen molar-refractivity contribution in [1.29, 1.82) is 0 Å². The maximum atomic E-state index is 13.3. The van der Waals surface area contributed by atoms with Crippen LogP contribution >= 0.6 is 7.82 Å². The number of aliphatic hydroxyl groups is 1. The molecule has 0 aromatic heterocycles. The molecule has 322 valence electrons. The third kappa shape index (κ3) is 36.0. The summed E-state index contributed by atoms with van der Waals surface area (Å²) in [4.78, 5) is 38.6. The molecule has 0 aromatic rings. The minimum absolute atomic E-state index is 0.0283. The minimum atomic E-state index is -4.96. The summed E-state index contributed by atoms with van der Waals surface area (Å²) in [7, 11) is 0.693. The number of phosphoric ester groups is 1. The van der Waals surface area contributed by atoms with E-state index in [9.17, 15) is 24.2 Å². The number of quaternary nitrogens is 1. The van der Waals surface area contributed by atoms with E-state index in [1.54, 1.807) is 18.2 Å². The third-order valence-electron chi connectivity index (χ3n) is 9.23. The molecule has 0 rings (SSSR count). The van der Waals surface area contributed by atoms with Crippen LogP contribution in [-0.2, 0) is 27.9 Å². The van der Waals surface area contributed by atoms with Crippen LogP contribution in [0.3, 0.4) is 0 Å². The van der Waals surface area contributed by atoms with E-state index in [2.05, 4.69) is 26.0 Å². The normalized spacial score (nSPS) is 15.0. The van der Waals surface area contributed by atoms with Gasteiger partial charge < -0.3 is 28.3 Å². The first-order chi connectivity index (χ1) is 27.0. The van der Waals surface area contributed by atoms with E-state index in [-0.39, 0.29) is 13.0 Å². The summed E-state index contributed by atoms with van der Waals surface area (Å²) in [5.41, 5.74) is 0. The highest BCUT2D eigenvalue weighted by atomic mass is 31.2. The summed E-state index contributed by atoms with van der Waals surface area (Å²) < 4.78 is 28.8. The SMILES string of the molecule is CCCCCCCCCC=CC=CC=CC=CC=CC=CC(=O)O[C@@H](CO)C(OP(=O)([O-])OCC[N+](C)(C)C)C(=O)CCCCCCCCCCCCCCC. The molecule has 0 aromatic carbocycles. The number of likely N-dealkylation sites (N-methyl/N-ethyl adjacent to an activating group) is 1. The fourth-order valence-electron chi connectivity index (χ4n) is 5.81. The molecule has 0 saturated carbocycles. The lowest BCUT2D eigenvalue weighted by Crippen LogP contribution is -2.42. The lowest BCUT2D eigenvalue weighted by molar-refractivity contribution is -0.870. The minimum Gasteiger partial charge on any atom is -0.756 e. The van der Waals surface area contributed by atoms with Crippen LogP contribution < -0.4 is 4.89 Å². The molecule has 0 amide bonds. The van der Waals surface area contributed by atoms with E-state index in [0.717, 1.165) is 38.2 Å². The molecule has 3 atom stereocenters. The molecule has 0 spiro atoms. The fraction of sp³-hybridized carbons (Fsp3) is 0.696. The van der Waals surface area contributed by atoms with Crippen LogP contribution in [0.4, 0.5) is 0 Å². The fourth-order valence-corrected chi connectivity index (χ4v) is 6.71. The molecular formula is C46H80NO8P. The molecule has 0 aliphatic heterocycles. The summed E-state index contributed by atoms with van der Waals surface area (Å²) >= 11 is 0. The zero-order valence-electron chi connectivity index (χ0n) is 36.0. The summed E-state index contributed by atoms with van der Waals surface area (Å²) in [5, 5.41) is 10.1. The summed E-state index contributed by atoms with van der Waals surface area (Å²) in [5.74, 6) is -1.42. The van der Waals surface area contributed by atoms with Gasteiger partial charge in [-0.05, 0) is 19.3 Å². The molecule has 0 saturated heterocycles. The van der Waals surface area contributed by atoms with E-state index in [0.29, 0.717) is 17.4 Å². The standard InChI is InChI=1S/C46H80NO8P/c1-6-8-10-12-14-16-18-20-21-22-23-24-25-27-29-31-33-35-37-39-45(50)54-44(42-48)46(55-56(51,52)53-41-40-47(3,4)5)43(49)38-36-34-32-30-28-26-19-17-15-13-11-9-7-2/h21-25,27,29,31,33,35,37,39,44,46,48H,6-20,26,28,30,32,34,36,38,40-42H2,1-5H3/t44-,46?/m0/s1. The number of carbonyl (C=O) groups excluding carboxylic acids is 2. The Kier molecular flexibility index (Phi) is 35.3. The van der Waals surface area contributed by atoms with Crippen molar-refractivity contribution < 1.29 is 42.4 Å². The topological polar surface area (TPSA) is 122 Å². The highest BCUT2D eigenvalue weighted by molar-refractivity contribution is 7.45. The van der Waals surface area contributed by atoms with Crippen molar-refractivity contribution in [3.8, 4) is 0 Å². The number of unbranched alkanes of at least 4 members (excludes halogenated alkanes) is 19. The summed E-state index contributed by atoms with van der Waals surface area (Å²) in [6.07, 6.45) is 43.6. The predicted molar refractivity (Wildman–Crippen MR) is 231 cm³/mol. The van der Waals surface area contributed by atoms with Crippen molar-refractivity contribution in [2.24, 2.45) is 0 Å². The largest absolute Gasteiger partial charge is 0.756 e. The maximum absolute atomic E-state index is 13.3. The van der Waals surface area contributed by atoms with E-state index < -0.39 is 38.4 Å². The average Bonchev–Trinajstić information content (AvgIpc) is 3.15. The van der Waals surface area contributed by atoms with Gasteiger partial charge in [-0.15, -0.1) is 0 Å². The van der Waals surface area contributed by atoms with Crippen molar-refractivity contribution in [3.63, 3.8) is 0 Å². The maximum Gasteiger partial charge on any atom is 0.331 e. The number of rotatable bonds is 38. The molecule has 0 bridgehead atoms. The molecule has 0 fully saturated rings. The van der Waals surface area contributed by atoms with Gasteiger partial charge in [0.25, 0.3) is 7.82 Å². The first-order valence-electron chi connectivity index (χ1n) is 21.7. The van der Waals surface area contributed by atoms with Crippen molar-refractivity contribution in [3.05, 3.63) is 72.9 Å². The van der Waals surface area contributed by atoms with Gasteiger partial charge >= 0.3 is 5.97 Å². The van der Waals surface area contributed by atoms with Gasteiger partial charge in [0.15, 0.2) is 18.0 Å². The van der Waals surface area contributed by atoms with Crippen LogP contribution in [0.2, 0.25) is 0 Å². The average molecular weight is 806 g/mol. The highest BCUT2D eigenvalue weighted by Gasteiger charge is 2.35. The predicted octanol–water partition coefficient (Wildman–Crippen LogP) is 11.0.